The van der Waals surface area contributed by atoms with E-state index in [0.29, 0.717) is 18.7 Å². The van der Waals surface area contributed by atoms with E-state index in [1.54, 1.807) is 12.1 Å². The van der Waals surface area contributed by atoms with Crippen molar-refractivity contribution in [2.45, 2.75) is 25.3 Å². The number of aromatic nitrogens is 4. The van der Waals surface area contributed by atoms with Gasteiger partial charge in [0.2, 0.25) is 5.91 Å². The van der Waals surface area contributed by atoms with Crippen LogP contribution in [0, 0.1) is 0 Å². The maximum absolute atomic E-state index is 12.2. The zero-order valence-electron chi connectivity index (χ0n) is 13.7. The fourth-order valence-electron chi connectivity index (χ4n) is 2.67. The molecule has 136 valence electrons. The van der Waals surface area contributed by atoms with Gasteiger partial charge in [-0.25, -0.2) is 4.79 Å². The Morgan fingerprint density at radius 1 is 1.46 bits per heavy atom. The molecule has 0 unspecified atom stereocenters. The normalized spacial score (nSPS) is 15.9. The molecule has 1 aromatic carbocycles. The van der Waals surface area contributed by atoms with Crippen LogP contribution < -0.4 is 15.7 Å². The number of carboxylic acid groups (broad SMARTS) is 1. The number of carbonyl (C=O) groups excluding carboxylic acids is 1. The zero-order valence-corrected chi connectivity index (χ0v) is 13.7. The molecule has 0 spiro atoms. The molecule has 5 N–H and O–H groups in total. The molecule has 3 rings (SSSR count). The Hall–Kier alpha value is -2.99. The van der Waals surface area contributed by atoms with Gasteiger partial charge in [0.15, 0.2) is 5.82 Å². The van der Waals surface area contributed by atoms with Crippen LogP contribution in [0.5, 0.6) is 5.75 Å². The summed E-state index contributed by atoms with van der Waals surface area (Å²) in [5, 5.41) is 33.5. The van der Waals surface area contributed by atoms with Gasteiger partial charge in [0, 0.05) is 6.54 Å². The number of nitrogens with two attached hydrogens (primary N) is 1. The highest BCUT2D eigenvalue weighted by molar-refractivity contribution is 6.47. The number of fused-ring (bicyclic) bond motifs is 1. The monoisotopic (exact) mass is 360 g/mol. The van der Waals surface area contributed by atoms with Crippen molar-refractivity contribution in [1.29, 1.82) is 0 Å². The summed E-state index contributed by atoms with van der Waals surface area (Å²) in [6.07, 6.45) is 0.118. The number of rotatable bonds is 6. The van der Waals surface area contributed by atoms with Crippen LogP contribution in [0.25, 0.3) is 0 Å². The lowest BCUT2D eigenvalue weighted by Crippen LogP contribution is -2.53. The Labute approximate surface area is 148 Å². The van der Waals surface area contributed by atoms with E-state index in [0.717, 1.165) is 0 Å². The fraction of sp³-hybridized carbons (Fsp3) is 0.357. The first-order valence-corrected chi connectivity index (χ1v) is 7.94. The maximum Gasteiger partial charge on any atom is 0.547 e. The Morgan fingerprint density at radius 2 is 2.27 bits per heavy atom. The average molecular weight is 360 g/mol. The first-order chi connectivity index (χ1) is 12.5. The van der Waals surface area contributed by atoms with Gasteiger partial charge in [-0.05, 0) is 23.3 Å². The Bertz CT molecular complexity index is 828. The van der Waals surface area contributed by atoms with Crippen LogP contribution in [-0.4, -0.2) is 61.8 Å². The summed E-state index contributed by atoms with van der Waals surface area (Å²) in [5.74, 6) is -1.94. The van der Waals surface area contributed by atoms with Crippen molar-refractivity contribution < 1.29 is 24.4 Å². The summed E-state index contributed by atoms with van der Waals surface area (Å²) < 4.78 is 5.32. The number of amides is 1. The number of hydrogen-bond donors (Lipinski definition) is 4. The average Bonchev–Trinajstić information content (AvgIpc) is 3.02. The number of aromatic carboxylic acids is 1. The lowest BCUT2D eigenvalue weighted by atomic mass is 9.72. The van der Waals surface area contributed by atoms with E-state index in [4.69, 9.17) is 10.4 Å². The molecule has 2 aromatic rings. The van der Waals surface area contributed by atoms with Crippen LogP contribution in [0.1, 0.15) is 21.7 Å². The van der Waals surface area contributed by atoms with Crippen molar-refractivity contribution in [3.63, 3.8) is 0 Å². The largest absolute Gasteiger partial charge is 0.547 e. The van der Waals surface area contributed by atoms with Crippen molar-refractivity contribution in [3.05, 3.63) is 35.2 Å². The summed E-state index contributed by atoms with van der Waals surface area (Å²) in [7, 11) is -1.37. The van der Waals surface area contributed by atoms with E-state index in [1.807, 2.05) is 0 Å². The van der Waals surface area contributed by atoms with Gasteiger partial charge in [0.25, 0.3) is 0 Å². The molecule has 0 radical (unpaired) electrons. The zero-order chi connectivity index (χ0) is 18.7. The molecule has 0 fully saturated rings. The number of para-hydroxylation sites is 1. The molecule has 1 atom stereocenters. The lowest BCUT2D eigenvalue weighted by Gasteiger charge is -2.28. The number of carboxylic acids is 1. The van der Waals surface area contributed by atoms with Crippen molar-refractivity contribution in [3.8, 4) is 5.75 Å². The number of nitrogens with one attached hydrogen (secondary N) is 1. The lowest BCUT2D eigenvalue weighted by molar-refractivity contribution is -0.121. The molecule has 1 amide bonds. The molecule has 11 nitrogen and oxygen atoms in total. The third-order valence-corrected chi connectivity index (χ3v) is 3.84. The van der Waals surface area contributed by atoms with Gasteiger partial charge in [0.05, 0.1) is 24.5 Å². The standard InChI is InChI=1S/C14H17BN6O5/c16-4-5-21-19-11(18-20-21)7-12(22)17-10-6-8-2-1-3-9(14(23)24)13(8)26-15(10)25/h1-3,10,25H,4-7,16H2,(H,17,22)(H,23,24)/t10-/m0/s1. The van der Waals surface area contributed by atoms with Crippen LogP contribution in [-0.2, 0) is 24.2 Å². The molecule has 2 heterocycles. The predicted octanol–water partition coefficient (Wildman–Crippen LogP) is -1.99. The van der Waals surface area contributed by atoms with E-state index in [2.05, 4.69) is 20.7 Å². The third-order valence-electron chi connectivity index (χ3n) is 3.84. The second kappa shape index (κ2) is 7.50. The first kappa shape index (κ1) is 17.8. The van der Waals surface area contributed by atoms with Crippen LogP contribution in [0.2, 0.25) is 0 Å². The molecular formula is C14H17BN6O5. The molecule has 1 aliphatic heterocycles. The van der Waals surface area contributed by atoms with Gasteiger partial charge < -0.3 is 25.8 Å². The SMILES string of the molecule is NCCn1nnc(CC(=O)N[C@H]2Cc3cccc(C(=O)O)c3OB2O)n1. The van der Waals surface area contributed by atoms with Crippen molar-refractivity contribution in [2.75, 3.05) is 6.54 Å². The van der Waals surface area contributed by atoms with Gasteiger partial charge >= 0.3 is 13.1 Å². The van der Waals surface area contributed by atoms with Gasteiger partial charge in [-0.1, -0.05) is 12.1 Å². The van der Waals surface area contributed by atoms with E-state index in [-0.39, 0.29) is 30.0 Å². The maximum atomic E-state index is 12.2. The number of carbonyl (C=O) groups is 2. The molecule has 12 heteroatoms. The van der Waals surface area contributed by atoms with Crippen molar-refractivity contribution in [2.24, 2.45) is 5.73 Å². The first-order valence-electron chi connectivity index (χ1n) is 7.94. The summed E-state index contributed by atoms with van der Waals surface area (Å²) in [6, 6.07) is 4.66. The summed E-state index contributed by atoms with van der Waals surface area (Å²) in [5.41, 5.74) is 5.95. The fourth-order valence-corrected chi connectivity index (χ4v) is 2.67. The quantitative estimate of drug-likeness (QED) is 0.427. The summed E-state index contributed by atoms with van der Waals surface area (Å²) >= 11 is 0. The summed E-state index contributed by atoms with van der Waals surface area (Å²) in [4.78, 5) is 24.7. The van der Waals surface area contributed by atoms with Crippen LogP contribution >= 0.6 is 0 Å². The highest BCUT2D eigenvalue weighted by atomic mass is 16.5. The van der Waals surface area contributed by atoms with Crippen molar-refractivity contribution in [1.82, 2.24) is 25.5 Å². The molecule has 0 bridgehead atoms. The van der Waals surface area contributed by atoms with Gasteiger partial charge in [-0.2, -0.15) is 4.80 Å². The van der Waals surface area contributed by atoms with Gasteiger partial charge in [-0.3, -0.25) is 4.79 Å². The Balaban J connectivity index is 1.66. The second-order valence-corrected chi connectivity index (χ2v) is 5.75. The van der Waals surface area contributed by atoms with E-state index in [1.165, 1.54) is 10.9 Å². The molecule has 26 heavy (non-hydrogen) atoms. The molecular weight excluding hydrogens is 343 g/mol. The van der Waals surface area contributed by atoms with E-state index in [9.17, 15) is 19.7 Å². The minimum Gasteiger partial charge on any atom is -0.534 e. The Kier molecular flexibility index (Phi) is 5.14. The van der Waals surface area contributed by atoms with E-state index >= 15 is 0 Å². The predicted molar refractivity (Wildman–Crippen MR) is 88.2 cm³/mol. The minimum absolute atomic E-state index is 0.0351. The number of nitrogens with zero attached hydrogens (tertiary/aromatic N) is 4. The van der Waals surface area contributed by atoms with Gasteiger partial charge in [-0.15, -0.1) is 10.2 Å². The minimum atomic E-state index is -1.37. The summed E-state index contributed by atoms with van der Waals surface area (Å²) in [6.45, 7) is 0.748. The number of tetrazole rings is 1. The highest BCUT2D eigenvalue weighted by Gasteiger charge is 2.37. The molecule has 0 saturated heterocycles. The van der Waals surface area contributed by atoms with E-state index < -0.39 is 24.9 Å². The number of hydrogen-bond acceptors (Lipinski definition) is 8. The Morgan fingerprint density at radius 3 is 3.00 bits per heavy atom. The van der Waals surface area contributed by atoms with Crippen LogP contribution in [0.3, 0.4) is 0 Å². The molecule has 0 saturated carbocycles. The van der Waals surface area contributed by atoms with Gasteiger partial charge in [0.1, 0.15) is 5.75 Å². The van der Waals surface area contributed by atoms with Crippen molar-refractivity contribution >= 4 is 19.0 Å². The second-order valence-electron chi connectivity index (χ2n) is 5.75. The van der Waals surface area contributed by atoms with Crippen LogP contribution in [0.4, 0.5) is 0 Å². The molecule has 1 aromatic heterocycles. The third kappa shape index (κ3) is 3.81. The highest BCUT2D eigenvalue weighted by Crippen LogP contribution is 2.30. The molecule has 1 aliphatic rings. The topological polar surface area (TPSA) is 165 Å². The van der Waals surface area contributed by atoms with Crippen LogP contribution in [0.15, 0.2) is 18.2 Å². The molecule has 0 aliphatic carbocycles. The number of benzene rings is 1. The smallest absolute Gasteiger partial charge is 0.534 e.